The molecule has 2 aromatic rings. The first kappa shape index (κ1) is 20.9. The van der Waals surface area contributed by atoms with Gasteiger partial charge >= 0.3 is 0 Å². The largest absolute Gasteiger partial charge is 0.454 e. The van der Waals surface area contributed by atoms with Crippen LogP contribution in [0.25, 0.3) is 3.58 Å². The minimum absolute atomic E-state index is 0.0984. The first-order chi connectivity index (χ1) is 13.6. The van der Waals surface area contributed by atoms with Gasteiger partial charge in [0.2, 0.25) is 6.79 Å². The zero-order valence-corrected chi connectivity index (χ0v) is 20.0. The van der Waals surface area contributed by atoms with Crippen molar-refractivity contribution >= 4 is 37.1 Å². The summed E-state index contributed by atoms with van der Waals surface area (Å²) in [5.41, 5.74) is 3.18. The molecule has 154 valence electrons. The minimum Gasteiger partial charge on any atom is -0.454 e. The Morgan fingerprint density at radius 2 is 1.72 bits per heavy atom. The molecule has 0 amide bonds. The van der Waals surface area contributed by atoms with E-state index in [2.05, 4.69) is 27.4 Å². The van der Waals surface area contributed by atoms with Crippen molar-refractivity contribution in [2.45, 2.75) is 44.7 Å². The van der Waals surface area contributed by atoms with Crippen molar-refractivity contribution in [3.63, 3.8) is 0 Å². The summed E-state index contributed by atoms with van der Waals surface area (Å²) in [6, 6.07) is 11.5. The lowest BCUT2D eigenvalue weighted by Crippen LogP contribution is -2.14. The number of halogens is 3. The van der Waals surface area contributed by atoms with Crippen molar-refractivity contribution in [2.75, 3.05) is 6.79 Å². The summed E-state index contributed by atoms with van der Waals surface area (Å²) >= 11 is -0.290. The van der Waals surface area contributed by atoms with Crippen molar-refractivity contribution < 1.29 is 18.3 Å². The van der Waals surface area contributed by atoms with E-state index >= 15 is 0 Å². The standard InChI is InChI=1S/C23H24F2IO2P/c1-22(2,29)16-8-14(9-17(12-16)23(3,24)25)10-18-5-6-19(26-18)15-4-7-20-21(11-15)28-13-27-20/h4,6-9,11-12H,5,10,13,29H2,1-3H3. The van der Waals surface area contributed by atoms with Crippen LogP contribution < -0.4 is 9.47 Å². The number of alkyl halides is 2. The predicted molar refractivity (Wildman–Crippen MR) is 127 cm³/mol. The summed E-state index contributed by atoms with van der Waals surface area (Å²) in [7, 11) is 2.76. The van der Waals surface area contributed by atoms with Gasteiger partial charge in [0.1, 0.15) is 0 Å². The number of hydrogen-bond donors (Lipinski definition) is 0. The van der Waals surface area contributed by atoms with Gasteiger partial charge in [-0.25, -0.2) is 8.78 Å². The molecule has 29 heavy (non-hydrogen) atoms. The van der Waals surface area contributed by atoms with Crippen LogP contribution in [-0.2, 0) is 17.5 Å². The highest BCUT2D eigenvalue weighted by molar-refractivity contribution is 14.2. The van der Waals surface area contributed by atoms with Crippen LogP contribution in [0.15, 0.2) is 42.5 Å². The lowest BCUT2D eigenvalue weighted by molar-refractivity contribution is 0.0173. The third kappa shape index (κ3) is 4.72. The maximum atomic E-state index is 14.1. The third-order valence-electron chi connectivity index (χ3n) is 5.03. The Balaban J connectivity index is 1.59. The predicted octanol–water partition coefficient (Wildman–Crippen LogP) is 6.77. The summed E-state index contributed by atoms with van der Waals surface area (Å²) in [5, 5.41) is -0.249. The minimum atomic E-state index is -2.84. The molecule has 0 saturated carbocycles. The van der Waals surface area contributed by atoms with Gasteiger partial charge in [-0.1, -0.05) is 46.7 Å². The molecule has 1 unspecified atom stereocenters. The second-order valence-corrected chi connectivity index (χ2v) is 12.8. The van der Waals surface area contributed by atoms with Gasteiger partial charge in [-0.15, -0.1) is 9.24 Å². The van der Waals surface area contributed by atoms with Crippen LogP contribution in [0, 0.1) is 0 Å². The maximum Gasteiger partial charge on any atom is 0.270 e. The SMILES string of the molecule is CC(F)(F)c1cc(CC2=IC(c3ccc4c(c3)OCO4)=CC2)cc(C(C)(C)P)c1. The van der Waals surface area contributed by atoms with Gasteiger partial charge in [-0.05, 0) is 63.4 Å². The van der Waals surface area contributed by atoms with Crippen molar-refractivity contribution in [1.82, 2.24) is 0 Å². The Labute approximate surface area is 182 Å². The molecule has 1 atom stereocenters. The molecule has 6 heteroatoms. The van der Waals surface area contributed by atoms with Crippen LogP contribution in [0.4, 0.5) is 8.78 Å². The quantitative estimate of drug-likeness (QED) is 0.315. The van der Waals surface area contributed by atoms with Gasteiger partial charge in [-0.2, -0.15) is 0 Å². The molecule has 0 aliphatic carbocycles. The summed E-state index contributed by atoms with van der Waals surface area (Å²) in [6.07, 6.45) is 3.96. The van der Waals surface area contributed by atoms with Gasteiger partial charge in [0.15, 0.2) is 11.5 Å². The first-order valence-corrected chi connectivity index (χ1v) is 12.2. The molecular weight excluding hydrogens is 504 g/mol. The smallest absolute Gasteiger partial charge is 0.270 e. The van der Waals surface area contributed by atoms with Crippen LogP contribution in [-0.4, -0.2) is 10.3 Å². The van der Waals surface area contributed by atoms with Gasteiger partial charge in [0.05, 0.1) is 0 Å². The number of allylic oxidation sites excluding steroid dienone is 1. The molecule has 0 saturated heterocycles. The molecule has 2 nitrogen and oxygen atoms in total. The molecular formula is C23H24F2IO2P. The molecule has 2 aliphatic rings. The Morgan fingerprint density at radius 1 is 1.00 bits per heavy atom. The fourth-order valence-electron chi connectivity index (χ4n) is 3.39. The van der Waals surface area contributed by atoms with Crippen molar-refractivity contribution in [3.8, 4) is 11.5 Å². The second kappa shape index (κ2) is 7.73. The molecule has 4 rings (SSSR count). The normalized spacial score (nSPS) is 16.3. The van der Waals surface area contributed by atoms with E-state index in [1.807, 2.05) is 26.0 Å². The molecule has 2 aromatic carbocycles. The molecule has 0 aromatic heterocycles. The van der Waals surface area contributed by atoms with E-state index < -0.39 is 5.92 Å². The molecule has 2 aliphatic heterocycles. The van der Waals surface area contributed by atoms with Crippen LogP contribution in [0.5, 0.6) is 11.5 Å². The highest BCUT2D eigenvalue weighted by Gasteiger charge is 2.27. The number of fused-ring (bicyclic) bond motifs is 1. The number of ether oxygens (including phenoxy) is 2. The highest BCUT2D eigenvalue weighted by Crippen LogP contribution is 2.41. The van der Waals surface area contributed by atoms with Crippen molar-refractivity contribution in [1.29, 1.82) is 0 Å². The van der Waals surface area contributed by atoms with E-state index in [0.717, 1.165) is 42.4 Å². The van der Waals surface area contributed by atoms with Gasteiger partial charge < -0.3 is 9.47 Å². The molecule has 0 radical (unpaired) electrons. The number of hydrogen-bond acceptors (Lipinski definition) is 2. The fraction of sp³-hybridized carbons (Fsp3) is 0.348. The highest BCUT2D eigenvalue weighted by atomic mass is 127. The fourth-order valence-corrected chi connectivity index (χ4v) is 6.53. The average Bonchev–Trinajstić information content (AvgIpc) is 3.28. The Bertz CT molecular complexity index is 984. The topological polar surface area (TPSA) is 18.5 Å². The zero-order chi connectivity index (χ0) is 20.8. The van der Waals surface area contributed by atoms with Gasteiger partial charge in [0, 0.05) is 21.2 Å². The van der Waals surface area contributed by atoms with Crippen molar-refractivity contribution in [3.05, 3.63) is 64.7 Å². The Hall–Kier alpha value is -1.33. The molecule has 0 fully saturated rings. The van der Waals surface area contributed by atoms with Crippen LogP contribution in [0.1, 0.15) is 49.4 Å². The number of rotatable bonds is 5. The summed E-state index contributed by atoms with van der Waals surface area (Å²) in [5.74, 6) is -1.25. The molecule has 0 spiro atoms. The Morgan fingerprint density at radius 3 is 2.45 bits per heavy atom. The van der Waals surface area contributed by atoms with E-state index in [-0.39, 0.29) is 38.2 Å². The molecule has 0 N–H and O–H groups in total. The van der Waals surface area contributed by atoms with Crippen molar-refractivity contribution in [2.24, 2.45) is 0 Å². The molecule has 0 bridgehead atoms. The lowest BCUT2D eigenvalue weighted by atomic mass is 9.93. The Kier molecular flexibility index (Phi) is 5.58. The summed E-state index contributed by atoms with van der Waals surface area (Å²) in [4.78, 5) is 0. The summed E-state index contributed by atoms with van der Waals surface area (Å²) < 4.78 is 41.8. The van der Waals surface area contributed by atoms with Crippen LogP contribution in [0.2, 0.25) is 0 Å². The van der Waals surface area contributed by atoms with Crippen LogP contribution in [0.3, 0.4) is 0 Å². The number of benzene rings is 2. The first-order valence-electron chi connectivity index (χ1n) is 9.51. The average molecular weight is 528 g/mol. The maximum absolute atomic E-state index is 14.1. The van der Waals surface area contributed by atoms with Crippen LogP contribution >= 0.6 is 30.0 Å². The van der Waals surface area contributed by atoms with E-state index in [1.54, 1.807) is 12.1 Å². The van der Waals surface area contributed by atoms with E-state index in [4.69, 9.17) is 9.47 Å². The lowest BCUT2D eigenvalue weighted by Gasteiger charge is -2.23. The molecule has 2 heterocycles. The summed E-state index contributed by atoms with van der Waals surface area (Å²) in [6.45, 7) is 5.31. The third-order valence-corrected chi connectivity index (χ3v) is 8.59. The van der Waals surface area contributed by atoms with E-state index in [0.29, 0.717) is 0 Å². The monoisotopic (exact) mass is 528 g/mol. The second-order valence-electron chi connectivity index (χ2n) is 8.14. The zero-order valence-electron chi connectivity index (χ0n) is 16.7. The van der Waals surface area contributed by atoms with Gasteiger partial charge in [-0.3, -0.25) is 0 Å². The van der Waals surface area contributed by atoms with E-state index in [1.165, 1.54) is 12.7 Å². The van der Waals surface area contributed by atoms with Gasteiger partial charge in [0.25, 0.3) is 5.92 Å². The van der Waals surface area contributed by atoms with E-state index in [9.17, 15) is 8.78 Å².